The Morgan fingerprint density at radius 3 is 2.83 bits per heavy atom. The van der Waals surface area contributed by atoms with E-state index in [1.54, 1.807) is 13.3 Å². The predicted molar refractivity (Wildman–Crippen MR) is 72.2 cm³/mol. The molecular weight excluding hydrogens is 248 g/mol. The molecule has 90 valence electrons. The van der Waals surface area contributed by atoms with Crippen molar-refractivity contribution in [2.24, 2.45) is 0 Å². The van der Waals surface area contributed by atoms with Crippen LogP contribution in [0.5, 0.6) is 5.75 Å². The zero-order chi connectivity index (χ0) is 12.5. The molecule has 0 radical (unpaired) electrons. The van der Waals surface area contributed by atoms with Crippen LogP contribution >= 0.6 is 11.6 Å². The van der Waals surface area contributed by atoms with Crippen molar-refractivity contribution in [3.05, 3.63) is 53.8 Å². The van der Waals surface area contributed by atoms with Crippen LogP contribution in [0, 0.1) is 0 Å². The van der Waals surface area contributed by atoms with Crippen LogP contribution in [-0.2, 0) is 0 Å². The molecule has 0 aliphatic heterocycles. The van der Waals surface area contributed by atoms with Gasteiger partial charge >= 0.3 is 0 Å². The fourth-order valence-electron chi connectivity index (χ4n) is 2.02. The summed E-state index contributed by atoms with van der Waals surface area (Å²) in [7, 11) is 1.65. The Morgan fingerprint density at radius 1 is 1.17 bits per heavy atom. The maximum atomic E-state index is 6.14. The van der Waals surface area contributed by atoms with E-state index < -0.39 is 0 Å². The summed E-state index contributed by atoms with van der Waals surface area (Å²) in [6.45, 7) is 0. The number of methoxy groups -OCH3 is 1. The number of benzene rings is 1. The first kappa shape index (κ1) is 11.1. The van der Waals surface area contributed by atoms with E-state index in [2.05, 4.69) is 4.98 Å². The van der Waals surface area contributed by atoms with Gasteiger partial charge < -0.3 is 4.74 Å². The van der Waals surface area contributed by atoms with Crippen molar-refractivity contribution in [2.75, 3.05) is 7.11 Å². The molecule has 1 aromatic carbocycles. The van der Waals surface area contributed by atoms with Gasteiger partial charge in [-0.15, -0.1) is 0 Å². The Kier molecular flexibility index (Phi) is 2.68. The third-order valence-corrected chi connectivity index (χ3v) is 3.19. The van der Waals surface area contributed by atoms with Gasteiger partial charge in [0.15, 0.2) is 0 Å². The second-order valence-corrected chi connectivity index (χ2v) is 4.30. The molecule has 3 rings (SSSR count). The van der Waals surface area contributed by atoms with E-state index in [1.807, 2.05) is 47.0 Å². The topological polar surface area (TPSA) is 26.5 Å². The third kappa shape index (κ3) is 1.64. The van der Waals surface area contributed by atoms with E-state index in [0.29, 0.717) is 5.02 Å². The van der Waals surface area contributed by atoms with Gasteiger partial charge in [0.05, 0.1) is 29.4 Å². The smallest absolute Gasteiger partial charge is 0.148 e. The van der Waals surface area contributed by atoms with Crippen molar-refractivity contribution < 1.29 is 4.74 Å². The molecule has 2 aromatic heterocycles. The molecule has 0 saturated carbocycles. The Morgan fingerprint density at radius 2 is 2.00 bits per heavy atom. The Hall–Kier alpha value is -2.00. The van der Waals surface area contributed by atoms with Crippen molar-refractivity contribution in [1.82, 2.24) is 9.38 Å². The summed E-state index contributed by atoms with van der Waals surface area (Å²) in [6.07, 6.45) is 3.71. The van der Waals surface area contributed by atoms with Gasteiger partial charge in [0.25, 0.3) is 0 Å². The van der Waals surface area contributed by atoms with Crippen LogP contribution in [0.3, 0.4) is 0 Å². The molecule has 0 unspecified atom stereocenters. The highest BCUT2D eigenvalue weighted by molar-refractivity contribution is 6.33. The molecule has 2 heterocycles. The highest BCUT2D eigenvalue weighted by Crippen LogP contribution is 2.30. The number of hydrogen-bond donors (Lipinski definition) is 0. The van der Waals surface area contributed by atoms with Crippen molar-refractivity contribution in [2.45, 2.75) is 0 Å². The van der Waals surface area contributed by atoms with E-state index >= 15 is 0 Å². The molecule has 0 fully saturated rings. The highest BCUT2D eigenvalue weighted by Gasteiger charge is 2.11. The molecule has 18 heavy (non-hydrogen) atoms. The zero-order valence-corrected chi connectivity index (χ0v) is 10.6. The standard InChI is InChI=1S/C14H11ClN2O/c1-18-13-7-3-2-5-10(13)14-16-9-12-11(15)6-4-8-17(12)14/h2-9H,1H3. The number of fused-ring (bicyclic) bond motifs is 1. The summed E-state index contributed by atoms with van der Waals surface area (Å²) in [5.74, 6) is 1.62. The lowest BCUT2D eigenvalue weighted by molar-refractivity contribution is 0.416. The number of para-hydroxylation sites is 1. The van der Waals surface area contributed by atoms with Gasteiger partial charge in [0, 0.05) is 6.20 Å². The summed E-state index contributed by atoms with van der Waals surface area (Å²) >= 11 is 6.14. The molecule has 0 bridgehead atoms. The average molecular weight is 259 g/mol. The lowest BCUT2D eigenvalue weighted by Gasteiger charge is -2.07. The maximum Gasteiger partial charge on any atom is 0.148 e. The second kappa shape index (κ2) is 4.35. The molecule has 0 aliphatic carbocycles. The molecule has 3 nitrogen and oxygen atoms in total. The largest absolute Gasteiger partial charge is 0.496 e. The zero-order valence-electron chi connectivity index (χ0n) is 9.80. The first-order chi connectivity index (χ1) is 8.81. The van der Waals surface area contributed by atoms with E-state index in [-0.39, 0.29) is 0 Å². The molecule has 0 aliphatic rings. The molecule has 0 atom stereocenters. The normalized spacial score (nSPS) is 10.8. The molecule has 0 N–H and O–H groups in total. The third-order valence-electron chi connectivity index (χ3n) is 2.87. The van der Waals surface area contributed by atoms with E-state index in [4.69, 9.17) is 16.3 Å². The summed E-state index contributed by atoms with van der Waals surface area (Å²) in [5.41, 5.74) is 1.84. The predicted octanol–water partition coefficient (Wildman–Crippen LogP) is 3.66. The lowest BCUT2D eigenvalue weighted by atomic mass is 10.2. The average Bonchev–Trinajstić information content (AvgIpc) is 2.84. The van der Waals surface area contributed by atoms with Crippen LogP contribution in [0.25, 0.3) is 16.9 Å². The fourth-order valence-corrected chi connectivity index (χ4v) is 2.23. The van der Waals surface area contributed by atoms with Gasteiger partial charge in [-0.3, -0.25) is 4.40 Å². The number of aromatic nitrogens is 2. The lowest BCUT2D eigenvalue weighted by Crippen LogP contribution is -1.92. The number of nitrogens with zero attached hydrogens (tertiary/aromatic N) is 2. The monoisotopic (exact) mass is 258 g/mol. The van der Waals surface area contributed by atoms with Crippen LogP contribution in [0.15, 0.2) is 48.8 Å². The minimum Gasteiger partial charge on any atom is -0.496 e. The van der Waals surface area contributed by atoms with Crippen molar-refractivity contribution in [1.29, 1.82) is 0 Å². The van der Waals surface area contributed by atoms with Gasteiger partial charge in [-0.1, -0.05) is 23.7 Å². The summed E-state index contributed by atoms with van der Waals surface area (Å²) in [4.78, 5) is 4.43. The van der Waals surface area contributed by atoms with Crippen molar-refractivity contribution in [3.63, 3.8) is 0 Å². The van der Waals surface area contributed by atoms with E-state index in [9.17, 15) is 0 Å². The van der Waals surface area contributed by atoms with Crippen molar-refractivity contribution in [3.8, 4) is 17.1 Å². The number of imidazole rings is 1. The minimum absolute atomic E-state index is 0.686. The summed E-state index contributed by atoms with van der Waals surface area (Å²) < 4.78 is 7.32. The molecule has 3 aromatic rings. The molecule has 0 spiro atoms. The number of ether oxygens (including phenoxy) is 1. The Balaban J connectivity index is 2.29. The Bertz CT molecular complexity index is 706. The van der Waals surface area contributed by atoms with Crippen LogP contribution < -0.4 is 4.74 Å². The number of halogens is 1. The SMILES string of the molecule is COc1ccccc1-c1ncc2c(Cl)cccn12. The first-order valence-corrected chi connectivity index (χ1v) is 5.94. The number of hydrogen-bond acceptors (Lipinski definition) is 2. The van der Waals surface area contributed by atoms with Crippen LogP contribution in [0.4, 0.5) is 0 Å². The molecule has 0 saturated heterocycles. The molecule has 0 amide bonds. The van der Waals surface area contributed by atoms with Crippen LogP contribution in [0.1, 0.15) is 0 Å². The summed E-state index contributed by atoms with van der Waals surface area (Å²) in [6, 6.07) is 11.5. The maximum absolute atomic E-state index is 6.14. The molecule has 4 heteroatoms. The van der Waals surface area contributed by atoms with Gasteiger partial charge in [-0.05, 0) is 24.3 Å². The quantitative estimate of drug-likeness (QED) is 0.701. The fraction of sp³-hybridized carbons (Fsp3) is 0.0714. The minimum atomic E-state index is 0.686. The van der Waals surface area contributed by atoms with E-state index in [0.717, 1.165) is 22.7 Å². The van der Waals surface area contributed by atoms with Gasteiger partial charge in [0.1, 0.15) is 11.6 Å². The highest BCUT2D eigenvalue weighted by atomic mass is 35.5. The number of rotatable bonds is 2. The van der Waals surface area contributed by atoms with Gasteiger partial charge in [0.2, 0.25) is 0 Å². The van der Waals surface area contributed by atoms with Crippen molar-refractivity contribution >= 4 is 17.1 Å². The van der Waals surface area contributed by atoms with Crippen LogP contribution in [0.2, 0.25) is 5.02 Å². The van der Waals surface area contributed by atoms with Gasteiger partial charge in [-0.2, -0.15) is 0 Å². The first-order valence-electron chi connectivity index (χ1n) is 5.56. The van der Waals surface area contributed by atoms with Crippen LogP contribution in [-0.4, -0.2) is 16.5 Å². The Labute approximate surface area is 110 Å². The second-order valence-electron chi connectivity index (χ2n) is 3.89. The molecular formula is C14H11ClN2O. The van der Waals surface area contributed by atoms with Gasteiger partial charge in [-0.25, -0.2) is 4.98 Å². The number of pyridine rings is 1. The van der Waals surface area contributed by atoms with E-state index in [1.165, 1.54) is 0 Å². The summed E-state index contributed by atoms with van der Waals surface area (Å²) in [5, 5.41) is 0.686.